The zero-order valence-electron chi connectivity index (χ0n) is 14.0. The zero-order chi connectivity index (χ0) is 19.2. The summed E-state index contributed by atoms with van der Waals surface area (Å²) < 4.78 is 12.8. The molecule has 0 aliphatic heterocycles. The van der Waals surface area contributed by atoms with E-state index in [1.807, 2.05) is 17.5 Å². The highest BCUT2D eigenvalue weighted by Gasteiger charge is 2.13. The highest BCUT2D eigenvalue weighted by Crippen LogP contribution is 2.25. The number of halogens is 2. The molecule has 0 bridgehead atoms. The summed E-state index contributed by atoms with van der Waals surface area (Å²) in [6.45, 7) is 0.277. The molecule has 0 aliphatic carbocycles. The van der Waals surface area contributed by atoms with Crippen LogP contribution in [-0.4, -0.2) is 23.3 Å². The van der Waals surface area contributed by atoms with Gasteiger partial charge >= 0.3 is 11.8 Å². The number of hydrogen-bond acceptors (Lipinski definition) is 4. The van der Waals surface area contributed by atoms with E-state index in [2.05, 4.69) is 15.6 Å². The van der Waals surface area contributed by atoms with E-state index in [1.54, 1.807) is 12.1 Å². The molecule has 0 spiro atoms. The van der Waals surface area contributed by atoms with Crippen molar-refractivity contribution in [2.75, 3.05) is 11.9 Å². The summed E-state index contributed by atoms with van der Waals surface area (Å²) in [6, 6.07) is 12.6. The van der Waals surface area contributed by atoms with Gasteiger partial charge in [0.05, 0.1) is 5.69 Å². The third-order valence-corrected chi connectivity index (χ3v) is 4.81. The van der Waals surface area contributed by atoms with Gasteiger partial charge in [-0.05, 0) is 36.4 Å². The van der Waals surface area contributed by atoms with E-state index < -0.39 is 17.6 Å². The summed E-state index contributed by atoms with van der Waals surface area (Å²) in [7, 11) is 0. The number of amides is 2. The molecule has 2 amide bonds. The van der Waals surface area contributed by atoms with Crippen LogP contribution in [0.2, 0.25) is 5.02 Å². The van der Waals surface area contributed by atoms with Gasteiger partial charge in [0, 0.05) is 34.6 Å². The Labute approximate surface area is 164 Å². The Morgan fingerprint density at radius 2 is 1.74 bits per heavy atom. The van der Waals surface area contributed by atoms with Gasteiger partial charge in [0.1, 0.15) is 10.8 Å². The number of rotatable bonds is 5. The standard InChI is InChI=1S/C19H15ClFN3O2S/c20-13-3-1-12(2-4-13)19-24-16(11-27-19)9-10-22-17(25)18(26)23-15-7-5-14(21)6-8-15/h1-8,11H,9-10H2,(H,22,25)(H,23,26). The molecule has 0 atom stereocenters. The van der Waals surface area contributed by atoms with Gasteiger partial charge in [0.15, 0.2) is 0 Å². The van der Waals surface area contributed by atoms with Gasteiger partial charge in [0.2, 0.25) is 0 Å². The molecule has 0 fully saturated rings. The maximum atomic E-state index is 12.8. The number of nitrogens with zero attached hydrogens (tertiary/aromatic N) is 1. The number of nitrogens with one attached hydrogen (secondary N) is 2. The SMILES string of the molecule is O=C(NCCc1csc(-c2ccc(Cl)cc2)n1)C(=O)Nc1ccc(F)cc1. The van der Waals surface area contributed by atoms with Crippen LogP contribution in [0.15, 0.2) is 53.9 Å². The highest BCUT2D eigenvalue weighted by atomic mass is 35.5. The molecule has 0 radical (unpaired) electrons. The number of carbonyl (C=O) groups excluding carboxylic acids is 2. The lowest BCUT2D eigenvalue weighted by molar-refractivity contribution is -0.136. The van der Waals surface area contributed by atoms with Gasteiger partial charge in [-0.15, -0.1) is 11.3 Å². The molecular formula is C19H15ClFN3O2S. The zero-order valence-corrected chi connectivity index (χ0v) is 15.6. The predicted molar refractivity (Wildman–Crippen MR) is 104 cm³/mol. The minimum Gasteiger partial charge on any atom is -0.347 e. The maximum Gasteiger partial charge on any atom is 0.313 e. The van der Waals surface area contributed by atoms with Gasteiger partial charge in [-0.2, -0.15) is 0 Å². The molecule has 2 aromatic carbocycles. The quantitative estimate of drug-likeness (QED) is 0.635. The van der Waals surface area contributed by atoms with Crippen molar-refractivity contribution in [3.05, 3.63) is 70.4 Å². The second kappa shape index (κ2) is 8.75. The summed E-state index contributed by atoms with van der Waals surface area (Å²) in [6.07, 6.45) is 0.500. The van der Waals surface area contributed by atoms with Crippen molar-refractivity contribution < 1.29 is 14.0 Å². The lowest BCUT2D eigenvalue weighted by atomic mass is 10.2. The van der Waals surface area contributed by atoms with Crippen molar-refractivity contribution in [1.82, 2.24) is 10.3 Å². The third kappa shape index (κ3) is 5.35. The Kier molecular flexibility index (Phi) is 6.16. The lowest BCUT2D eigenvalue weighted by Gasteiger charge is -2.06. The second-order valence-corrected chi connectivity index (χ2v) is 6.91. The lowest BCUT2D eigenvalue weighted by Crippen LogP contribution is -2.36. The van der Waals surface area contributed by atoms with Gasteiger partial charge < -0.3 is 10.6 Å². The van der Waals surface area contributed by atoms with Crippen molar-refractivity contribution in [1.29, 1.82) is 0 Å². The molecule has 1 aromatic heterocycles. The average Bonchev–Trinajstić information content (AvgIpc) is 3.13. The fourth-order valence-corrected chi connectivity index (χ4v) is 3.24. The maximum absolute atomic E-state index is 12.8. The normalized spacial score (nSPS) is 10.4. The van der Waals surface area contributed by atoms with Crippen molar-refractivity contribution >= 4 is 40.4 Å². The summed E-state index contributed by atoms with van der Waals surface area (Å²) in [5, 5.41) is 8.39. The molecule has 0 aliphatic rings. The first-order chi connectivity index (χ1) is 13.0. The molecule has 0 unspecified atom stereocenters. The summed E-state index contributed by atoms with van der Waals surface area (Å²) in [5.41, 5.74) is 2.14. The summed E-state index contributed by atoms with van der Waals surface area (Å²) >= 11 is 7.38. The Morgan fingerprint density at radius 1 is 1.04 bits per heavy atom. The molecule has 2 N–H and O–H groups in total. The van der Waals surface area contributed by atoms with Gasteiger partial charge in [-0.3, -0.25) is 9.59 Å². The molecule has 1 heterocycles. The van der Waals surface area contributed by atoms with E-state index >= 15 is 0 Å². The van der Waals surface area contributed by atoms with Gasteiger partial charge in [-0.25, -0.2) is 9.37 Å². The van der Waals surface area contributed by atoms with E-state index in [9.17, 15) is 14.0 Å². The number of anilines is 1. The largest absolute Gasteiger partial charge is 0.347 e. The topological polar surface area (TPSA) is 71.1 Å². The number of benzene rings is 2. The summed E-state index contributed by atoms with van der Waals surface area (Å²) in [5.74, 6) is -1.98. The minimum atomic E-state index is -0.804. The van der Waals surface area contributed by atoms with Crippen LogP contribution in [0.1, 0.15) is 5.69 Å². The van der Waals surface area contributed by atoms with Crippen molar-refractivity contribution in [2.24, 2.45) is 0 Å². The van der Waals surface area contributed by atoms with E-state index in [0.29, 0.717) is 17.1 Å². The number of aromatic nitrogens is 1. The fraction of sp³-hybridized carbons (Fsp3) is 0.105. The van der Waals surface area contributed by atoms with Crippen LogP contribution in [0.25, 0.3) is 10.6 Å². The van der Waals surface area contributed by atoms with Crippen LogP contribution in [-0.2, 0) is 16.0 Å². The van der Waals surface area contributed by atoms with Crippen molar-refractivity contribution in [3.8, 4) is 10.6 Å². The molecule has 3 aromatic rings. The first-order valence-corrected chi connectivity index (χ1v) is 9.32. The molecule has 3 rings (SSSR count). The van der Waals surface area contributed by atoms with Gasteiger partial charge in [-0.1, -0.05) is 23.7 Å². The smallest absolute Gasteiger partial charge is 0.313 e. The number of carbonyl (C=O) groups is 2. The van der Waals surface area contributed by atoms with Crippen LogP contribution < -0.4 is 10.6 Å². The van der Waals surface area contributed by atoms with Crippen LogP contribution in [0.4, 0.5) is 10.1 Å². The third-order valence-electron chi connectivity index (χ3n) is 3.62. The number of thiazole rings is 1. The van der Waals surface area contributed by atoms with Gasteiger partial charge in [0.25, 0.3) is 0 Å². The predicted octanol–water partition coefficient (Wildman–Crippen LogP) is 3.90. The molecule has 27 heavy (non-hydrogen) atoms. The second-order valence-electron chi connectivity index (χ2n) is 5.62. The van der Waals surface area contributed by atoms with Crippen LogP contribution in [0, 0.1) is 5.82 Å². The number of hydrogen-bond donors (Lipinski definition) is 2. The van der Waals surface area contributed by atoms with Crippen LogP contribution >= 0.6 is 22.9 Å². The molecule has 0 saturated heterocycles. The first-order valence-electron chi connectivity index (χ1n) is 8.06. The molecule has 0 saturated carbocycles. The van der Waals surface area contributed by atoms with E-state index in [1.165, 1.54) is 35.6 Å². The molecule has 8 heteroatoms. The van der Waals surface area contributed by atoms with E-state index in [4.69, 9.17) is 11.6 Å². The minimum absolute atomic E-state index is 0.277. The summed E-state index contributed by atoms with van der Waals surface area (Å²) in [4.78, 5) is 28.2. The van der Waals surface area contributed by atoms with E-state index in [-0.39, 0.29) is 6.54 Å². The Morgan fingerprint density at radius 3 is 2.44 bits per heavy atom. The fourth-order valence-electron chi connectivity index (χ4n) is 2.25. The molecule has 5 nitrogen and oxygen atoms in total. The van der Waals surface area contributed by atoms with Crippen molar-refractivity contribution in [2.45, 2.75) is 6.42 Å². The monoisotopic (exact) mass is 403 g/mol. The molecule has 138 valence electrons. The van der Waals surface area contributed by atoms with E-state index in [0.717, 1.165) is 16.3 Å². The Hall–Kier alpha value is -2.77. The highest BCUT2D eigenvalue weighted by molar-refractivity contribution is 7.13. The van der Waals surface area contributed by atoms with Crippen LogP contribution in [0.5, 0.6) is 0 Å². The van der Waals surface area contributed by atoms with Crippen LogP contribution in [0.3, 0.4) is 0 Å². The first kappa shape index (κ1) is 19.0. The average molecular weight is 404 g/mol. The van der Waals surface area contributed by atoms with Crippen molar-refractivity contribution in [3.63, 3.8) is 0 Å². The molecular weight excluding hydrogens is 389 g/mol. The Bertz CT molecular complexity index is 942. The Balaban J connectivity index is 1.48.